The third-order valence-electron chi connectivity index (χ3n) is 4.70. The first kappa shape index (κ1) is 20.7. The van der Waals surface area contributed by atoms with Gasteiger partial charge in [0.05, 0.1) is 18.2 Å². The molecular weight excluding hydrogens is 385 g/mol. The van der Waals surface area contributed by atoms with E-state index in [0.29, 0.717) is 42.8 Å². The third kappa shape index (κ3) is 4.88. The number of cyclic esters (lactones) is 1. The molecule has 0 spiro atoms. The fourth-order valence-electron chi connectivity index (χ4n) is 3.20. The normalized spacial score (nSPS) is 15.2. The Morgan fingerprint density at radius 3 is 2.52 bits per heavy atom. The Hall–Kier alpha value is -3.03. The molecule has 0 radical (unpaired) electrons. The molecular formula is C21H21F3N2O3. The quantitative estimate of drug-likeness (QED) is 0.740. The second-order valence-electron chi connectivity index (χ2n) is 6.75. The average Bonchev–Trinajstić information content (AvgIpc) is 3.13. The van der Waals surface area contributed by atoms with Gasteiger partial charge in [0.2, 0.25) is 0 Å². The van der Waals surface area contributed by atoms with Crippen molar-refractivity contribution >= 4 is 17.7 Å². The highest BCUT2D eigenvalue weighted by atomic mass is 19.4. The molecule has 2 aromatic rings. The van der Waals surface area contributed by atoms with Crippen LogP contribution in [0.4, 0.5) is 23.7 Å². The van der Waals surface area contributed by atoms with E-state index < -0.39 is 29.8 Å². The number of hydrogen-bond donors (Lipinski definition) is 1. The van der Waals surface area contributed by atoms with Crippen LogP contribution in [0.15, 0.2) is 48.5 Å². The van der Waals surface area contributed by atoms with Crippen LogP contribution in [0.5, 0.6) is 0 Å². The molecule has 0 saturated carbocycles. The lowest BCUT2D eigenvalue weighted by atomic mass is 9.99. The summed E-state index contributed by atoms with van der Waals surface area (Å²) in [4.78, 5) is 25.7. The number of rotatable bonds is 6. The number of alkyl halides is 3. The lowest BCUT2D eigenvalue weighted by molar-refractivity contribution is -0.137. The number of nitrogens with zero attached hydrogens (tertiary/aromatic N) is 1. The van der Waals surface area contributed by atoms with Crippen molar-refractivity contribution in [1.82, 2.24) is 5.32 Å². The lowest BCUT2D eigenvalue weighted by Crippen LogP contribution is -2.29. The van der Waals surface area contributed by atoms with Crippen LogP contribution in [0.3, 0.4) is 0 Å². The molecule has 0 bridgehead atoms. The number of ether oxygens (including phenoxy) is 1. The summed E-state index contributed by atoms with van der Waals surface area (Å²) in [5, 5.41) is 2.82. The van der Waals surface area contributed by atoms with E-state index in [2.05, 4.69) is 5.32 Å². The van der Waals surface area contributed by atoms with Gasteiger partial charge in [0.25, 0.3) is 5.91 Å². The maximum atomic E-state index is 13.0. The molecule has 5 nitrogen and oxygen atoms in total. The van der Waals surface area contributed by atoms with Crippen molar-refractivity contribution in [3.05, 3.63) is 65.2 Å². The number of nitrogens with one attached hydrogen (secondary N) is 1. The van der Waals surface area contributed by atoms with E-state index in [1.165, 1.54) is 11.0 Å². The summed E-state index contributed by atoms with van der Waals surface area (Å²) in [6, 6.07) is 10.9. The zero-order chi connectivity index (χ0) is 21.0. The van der Waals surface area contributed by atoms with E-state index >= 15 is 0 Å². The summed E-state index contributed by atoms with van der Waals surface area (Å²) >= 11 is 0. The van der Waals surface area contributed by atoms with Crippen LogP contribution in [-0.4, -0.2) is 25.2 Å². The van der Waals surface area contributed by atoms with Crippen molar-refractivity contribution < 1.29 is 27.5 Å². The molecule has 1 aliphatic heterocycles. The third-order valence-corrected chi connectivity index (χ3v) is 4.70. The van der Waals surface area contributed by atoms with Gasteiger partial charge < -0.3 is 10.1 Å². The fourth-order valence-corrected chi connectivity index (χ4v) is 3.20. The van der Waals surface area contributed by atoms with Crippen LogP contribution in [0.25, 0.3) is 0 Å². The summed E-state index contributed by atoms with van der Waals surface area (Å²) in [7, 11) is 0. The van der Waals surface area contributed by atoms with Crippen LogP contribution in [0.1, 0.15) is 47.3 Å². The van der Waals surface area contributed by atoms with Gasteiger partial charge in [-0.05, 0) is 48.4 Å². The Bertz CT molecular complexity index is 881. The number of halogens is 3. The molecule has 1 unspecified atom stereocenters. The topological polar surface area (TPSA) is 58.6 Å². The molecule has 8 heteroatoms. The van der Waals surface area contributed by atoms with Gasteiger partial charge in [-0.3, -0.25) is 9.69 Å². The van der Waals surface area contributed by atoms with Crippen molar-refractivity contribution in [3.8, 4) is 0 Å². The highest BCUT2D eigenvalue weighted by Crippen LogP contribution is 2.31. The Morgan fingerprint density at radius 1 is 1.21 bits per heavy atom. The van der Waals surface area contributed by atoms with E-state index in [4.69, 9.17) is 4.74 Å². The van der Waals surface area contributed by atoms with Gasteiger partial charge in [-0.15, -0.1) is 0 Å². The summed E-state index contributed by atoms with van der Waals surface area (Å²) in [6.45, 7) is 2.66. The van der Waals surface area contributed by atoms with Crippen molar-refractivity contribution in [1.29, 1.82) is 0 Å². The van der Waals surface area contributed by atoms with Crippen LogP contribution in [0.2, 0.25) is 0 Å². The van der Waals surface area contributed by atoms with E-state index in [-0.39, 0.29) is 0 Å². The van der Waals surface area contributed by atoms with Crippen LogP contribution >= 0.6 is 0 Å². The molecule has 1 aliphatic rings. The monoisotopic (exact) mass is 406 g/mol. The Morgan fingerprint density at radius 2 is 1.93 bits per heavy atom. The van der Waals surface area contributed by atoms with Gasteiger partial charge in [-0.1, -0.05) is 25.5 Å². The highest BCUT2D eigenvalue weighted by Gasteiger charge is 2.31. The van der Waals surface area contributed by atoms with Crippen LogP contribution in [-0.2, 0) is 10.9 Å². The number of carbonyl (C=O) groups excluding carboxylic acids is 2. The molecule has 0 aliphatic carbocycles. The predicted octanol–water partition coefficient (Wildman–Crippen LogP) is 4.93. The molecule has 1 saturated heterocycles. The molecule has 1 N–H and O–H groups in total. The van der Waals surface area contributed by atoms with Crippen LogP contribution in [0, 0.1) is 0 Å². The summed E-state index contributed by atoms with van der Waals surface area (Å²) in [5.74, 6) is -0.392. The molecule has 2 aromatic carbocycles. The maximum absolute atomic E-state index is 13.0. The van der Waals surface area contributed by atoms with Gasteiger partial charge in [0.15, 0.2) is 0 Å². The Labute approximate surface area is 166 Å². The minimum absolute atomic E-state index is 0.316. The largest absolute Gasteiger partial charge is 0.447 e. The second kappa shape index (κ2) is 8.55. The van der Waals surface area contributed by atoms with Gasteiger partial charge in [-0.25, -0.2) is 4.79 Å². The minimum atomic E-state index is -4.44. The van der Waals surface area contributed by atoms with Crippen molar-refractivity contribution in [2.24, 2.45) is 0 Å². The highest BCUT2D eigenvalue weighted by molar-refractivity contribution is 5.96. The summed E-state index contributed by atoms with van der Waals surface area (Å²) < 4.78 is 43.9. The molecule has 3 rings (SSSR count). The van der Waals surface area contributed by atoms with Gasteiger partial charge >= 0.3 is 12.3 Å². The van der Waals surface area contributed by atoms with Crippen molar-refractivity contribution in [3.63, 3.8) is 0 Å². The molecule has 1 fully saturated rings. The van der Waals surface area contributed by atoms with Crippen LogP contribution < -0.4 is 10.2 Å². The lowest BCUT2D eigenvalue weighted by Gasteiger charge is -2.20. The van der Waals surface area contributed by atoms with Gasteiger partial charge in [0, 0.05) is 11.3 Å². The Balaban J connectivity index is 1.75. The summed E-state index contributed by atoms with van der Waals surface area (Å²) in [5.41, 5.74) is 0.639. The first-order valence-electron chi connectivity index (χ1n) is 9.32. The second-order valence-corrected chi connectivity index (χ2v) is 6.75. The van der Waals surface area contributed by atoms with E-state index in [1.807, 2.05) is 6.92 Å². The molecule has 0 aromatic heterocycles. The first-order chi connectivity index (χ1) is 13.8. The van der Waals surface area contributed by atoms with Gasteiger partial charge in [0.1, 0.15) is 6.61 Å². The molecule has 1 heterocycles. The van der Waals surface area contributed by atoms with Crippen molar-refractivity contribution in [2.75, 3.05) is 18.1 Å². The molecule has 2 amide bonds. The Kier molecular flexibility index (Phi) is 6.10. The SMILES string of the molecule is CCCC(NC(=O)c1ccc(N2CCOC2=O)cc1)c1cccc(C(F)(F)F)c1. The summed E-state index contributed by atoms with van der Waals surface area (Å²) in [6.07, 6.45) is -3.68. The molecule has 154 valence electrons. The number of amides is 2. The average molecular weight is 406 g/mol. The zero-order valence-electron chi connectivity index (χ0n) is 15.8. The fraction of sp³-hybridized carbons (Fsp3) is 0.333. The van der Waals surface area contributed by atoms with E-state index in [9.17, 15) is 22.8 Å². The van der Waals surface area contributed by atoms with Crippen molar-refractivity contribution in [2.45, 2.75) is 32.0 Å². The number of carbonyl (C=O) groups is 2. The molecule has 29 heavy (non-hydrogen) atoms. The number of benzene rings is 2. The number of hydrogen-bond acceptors (Lipinski definition) is 3. The zero-order valence-corrected chi connectivity index (χ0v) is 15.8. The maximum Gasteiger partial charge on any atom is 0.416 e. The van der Waals surface area contributed by atoms with E-state index in [0.717, 1.165) is 12.1 Å². The smallest absolute Gasteiger partial charge is 0.416 e. The van der Waals surface area contributed by atoms with E-state index in [1.54, 1.807) is 30.3 Å². The standard InChI is InChI=1S/C21H21F3N2O3/c1-2-4-18(15-5-3-6-16(13-15)21(22,23)24)25-19(27)14-7-9-17(10-8-14)26-11-12-29-20(26)28/h3,5-10,13,18H,2,4,11-12H2,1H3,(H,25,27). The minimum Gasteiger partial charge on any atom is -0.447 e. The predicted molar refractivity (Wildman–Crippen MR) is 102 cm³/mol. The number of anilines is 1. The first-order valence-corrected chi connectivity index (χ1v) is 9.32. The molecule has 1 atom stereocenters. The van der Waals surface area contributed by atoms with Gasteiger partial charge in [-0.2, -0.15) is 13.2 Å².